The van der Waals surface area contributed by atoms with Crippen molar-refractivity contribution in [2.24, 2.45) is 0 Å². The van der Waals surface area contributed by atoms with Crippen LogP contribution in [-0.2, 0) is 14.3 Å². The largest absolute Gasteiger partial charge is 0.465 e. The lowest BCUT2D eigenvalue weighted by atomic mass is 10.0. The first-order chi connectivity index (χ1) is 11.7. The lowest BCUT2D eigenvalue weighted by Crippen LogP contribution is -2.43. The maximum atomic E-state index is 12.7. The Morgan fingerprint density at radius 1 is 1.24 bits per heavy atom. The number of methoxy groups -OCH3 is 2. The molecule has 8 nitrogen and oxygen atoms in total. The molecule has 1 aromatic heterocycles. The summed E-state index contributed by atoms with van der Waals surface area (Å²) < 4.78 is 9.63. The predicted octanol–water partition coefficient (Wildman–Crippen LogP) is 0.684. The van der Waals surface area contributed by atoms with Crippen LogP contribution in [0.15, 0.2) is 0 Å². The molecule has 0 aliphatic rings. The first kappa shape index (κ1) is 20.9. The molecule has 1 aromatic rings. The summed E-state index contributed by atoms with van der Waals surface area (Å²) >= 11 is 0. The minimum Gasteiger partial charge on any atom is -0.465 e. The van der Waals surface area contributed by atoms with E-state index in [1.165, 1.54) is 7.11 Å². The number of H-pyrrole nitrogens is 1. The molecule has 0 unspecified atom stereocenters. The molecule has 0 aromatic carbocycles. The number of esters is 1. The SMILES string of the molecule is COCCNC(=O)CN(C)[C@@H](C)C(=O)c1[nH]c(C)c(C(=O)OC)c1C. The van der Waals surface area contributed by atoms with Gasteiger partial charge < -0.3 is 19.8 Å². The number of likely N-dealkylation sites (N-methyl/N-ethyl adjacent to an activating group) is 1. The van der Waals surface area contributed by atoms with E-state index in [0.717, 1.165) is 0 Å². The molecule has 2 N–H and O–H groups in total. The van der Waals surface area contributed by atoms with Gasteiger partial charge in [0.05, 0.1) is 37.6 Å². The summed E-state index contributed by atoms with van der Waals surface area (Å²) in [7, 11) is 4.56. The Morgan fingerprint density at radius 2 is 1.88 bits per heavy atom. The van der Waals surface area contributed by atoms with Crippen molar-refractivity contribution in [1.29, 1.82) is 0 Å². The Morgan fingerprint density at radius 3 is 2.44 bits per heavy atom. The molecule has 0 bridgehead atoms. The van der Waals surface area contributed by atoms with E-state index in [0.29, 0.717) is 35.7 Å². The number of amides is 1. The molecule has 0 aliphatic heterocycles. The predicted molar refractivity (Wildman–Crippen MR) is 92.9 cm³/mol. The molecule has 8 heteroatoms. The van der Waals surface area contributed by atoms with Gasteiger partial charge in [0.2, 0.25) is 5.91 Å². The number of aromatic nitrogens is 1. The summed E-state index contributed by atoms with van der Waals surface area (Å²) in [6, 6.07) is -0.532. The molecule has 25 heavy (non-hydrogen) atoms. The van der Waals surface area contributed by atoms with E-state index in [1.54, 1.807) is 39.8 Å². The molecule has 0 radical (unpaired) electrons. The van der Waals surface area contributed by atoms with Crippen molar-refractivity contribution in [3.63, 3.8) is 0 Å². The van der Waals surface area contributed by atoms with Gasteiger partial charge >= 0.3 is 5.97 Å². The number of rotatable bonds is 9. The summed E-state index contributed by atoms with van der Waals surface area (Å²) in [5.41, 5.74) is 1.87. The normalized spacial score (nSPS) is 12.1. The van der Waals surface area contributed by atoms with Gasteiger partial charge in [-0.3, -0.25) is 14.5 Å². The number of carbonyl (C=O) groups is 3. The van der Waals surface area contributed by atoms with Gasteiger partial charge in [-0.1, -0.05) is 0 Å². The van der Waals surface area contributed by atoms with E-state index < -0.39 is 12.0 Å². The van der Waals surface area contributed by atoms with Crippen molar-refractivity contribution in [1.82, 2.24) is 15.2 Å². The van der Waals surface area contributed by atoms with E-state index >= 15 is 0 Å². The second-order valence-corrected chi connectivity index (χ2v) is 5.91. The number of nitrogens with one attached hydrogen (secondary N) is 2. The number of hydrogen-bond acceptors (Lipinski definition) is 6. The average molecular weight is 353 g/mol. The second-order valence-electron chi connectivity index (χ2n) is 5.91. The molecule has 0 spiro atoms. The highest BCUT2D eigenvalue weighted by Gasteiger charge is 2.27. The minimum atomic E-state index is -0.532. The molecule has 1 amide bonds. The third-order valence-electron chi connectivity index (χ3n) is 4.14. The van der Waals surface area contributed by atoms with Gasteiger partial charge in [-0.15, -0.1) is 0 Å². The van der Waals surface area contributed by atoms with Crippen LogP contribution >= 0.6 is 0 Å². The number of aryl methyl sites for hydroxylation is 1. The summed E-state index contributed by atoms with van der Waals surface area (Å²) in [6.07, 6.45) is 0. The van der Waals surface area contributed by atoms with Crippen molar-refractivity contribution in [3.05, 3.63) is 22.5 Å². The number of ether oxygens (including phenoxy) is 2. The number of Topliss-reactive ketones (excluding diaryl/α,β-unsaturated/α-hetero) is 1. The van der Waals surface area contributed by atoms with Crippen molar-refractivity contribution in [2.75, 3.05) is 41.0 Å². The van der Waals surface area contributed by atoms with Crippen LogP contribution in [0.4, 0.5) is 0 Å². The Balaban J connectivity index is 2.82. The molecule has 1 heterocycles. The fourth-order valence-corrected chi connectivity index (χ4v) is 2.53. The summed E-state index contributed by atoms with van der Waals surface area (Å²) in [4.78, 5) is 41.1. The van der Waals surface area contributed by atoms with E-state index in [2.05, 4.69) is 10.3 Å². The van der Waals surface area contributed by atoms with E-state index in [4.69, 9.17) is 9.47 Å². The minimum absolute atomic E-state index is 0.0826. The highest BCUT2D eigenvalue weighted by Crippen LogP contribution is 2.21. The number of carbonyl (C=O) groups excluding carboxylic acids is 3. The maximum absolute atomic E-state index is 12.7. The van der Waals surface area contributed by atoms with Gasteiger partial charge in [-0.25, -0.2) is 4.79 Å². The van der Waals surface area contributed by atoms with Crippen LogP contribution in [0.3, 0.4) is 0 Å². The van der Waals surface area contributed by atoms with Crippen LogP contribution in [-0.4, -0.2) is 74.5 Å². The summed E-state index contributed by atoms with van der Waals surface area (Å²) in [6.45, 7) is 6.07. The van der Waals surface area contributed by atoms with Crippen molar-refractivity contribution in [3.8, 4) is 0 Å². The molecule has 140 valence electrons. The Bertz CT molecular complexity index is 638. The fraction of sp³-hybridized carbons (Fsp3) is 0.588. The van der Waals surface area contributed by atoms with Gasteiger partial charge in [0.15, 0.2) is 5.78 Å². The average Bonchev–Trinajstić information content (AvgIpc) is 2.87. The zero-order valence-electron chi connectivity index (χ0n) is 15.7. The van der Waals surface area contributed by atoms with Crippen LogP contribution < -0.4 is 5.32 Å². The molecule has 0 aliphatic carbocycles. The monoisotopic (exact) mass is 353 g/mol. The van der Waals surface area contributed by atoms with Crippen LogP contribution in [0.25, 0.3) is 0 Å². The third-order valence-corrected chi connectivity index (χ3v) is 4.14. The van der Waals surface area contributed by atoms with Crippen LogP contribution in [0.2, 0.25) is 0 Å². The van der Waals surface area contributed by atoms with Crippen molar-refractivity contribution < 1.29 is 23.9 Å². The third kappa shape index (κ3) is 5.14. The number of hydrogen-bond donors (Lipinski definition) is 2. The molecule has 1 atom stereocenters. The number of nitrogens with zero attached hydrogens (tertiary/aromatic N) is 1. The van der Waals surface area contributed by atoms with Crippen molar-refractivity contribution in [2.45, 2.75) is 26.8 Å². The number of ketones is 1. The molecular formula is C17H27N3O5. The van der Waals surface area contributed by atoms with Gasteiger partial charge in [0, 0.05) is 19.3 Å². The summed E-state index contributed by atoms with van der Waals surface area (Å²) in [5.74, 6) is -0.861. The zero-order chi connectivity index (χ0) is 19.1. The van der Waals surface area contributed by atoms with E-state index in [-0.39, 0.29) is 18.2 Å². The van der Waals surface area contributed by atoms with Gasteiger partial charge in [0.25, 0.3) is 0 Å². The Labute approximate surface area is 147 Å². The fourth-order valence-electron chi connectivity index (χ4n) is 2.53. The molecule has 0 saturated heterocycles. The van der Waals surface area contributed by atoms with Gasteiger partial charge in [-0.05, 0) is 33.4 Å². The standard InChI is InChI=1S/C17H27N3O5/c1-10-14(17(23)25-6)11(2)19-15(10)16(22)12(3)20(4)9-13(21)18-7-8-24-5/h12,19H,7-9H2,1-6H3,(H,18,21)/t12-/m0/s1. The van der Waals surface area contributed by atoms with Crippen LogP contribution in [0.5, 0.6) is 0 Å². The van der Waals surface area contributed by atoms with Gasteiger partial charge in [0.1, 0.15) is 0 Å². The highest BCUT2D eigenvalue weighted by atomic mass is 16.5. The summed E-state index contributed by atoms with van der Waals surface area (Å²) in [5, 5.41) is 2.71. The Kier molecular flexibility index (Phi) is 7.79. The number of aromatic amines is 1. The maximum Gasteiger partial charge on any atom is 0.339 e. The van der Waals surface area contributed by atoms with Crippen molar-refractivity contribution >= 4 is 17.7 Å². The second kappa shape index (κ2) is 9.33. The van der Waals surface area contributed by atoms with Crippen LogP contribution in [0.1, 0.15) is 39.0 Å². The topological polar surface area (TPSA) is 101 Å². The quantitative estimate of drug-likeness (QED) is 0.385. The Hall–Kier alpha value is -2.19. The van der Waals surface area contributed by atoms with Crippen LogP contribution in [0, 0.1) is 13.8 Å². The first-order valence-electron chi connectivity index (χ1n) is 8.02. The van der Waals surface area contributed by atoms with Gasteiger partial charge in [-0.2, -0.15) is 0 Å². The molecule has 0 saturated carbocycles. The smallest absolute Gasteiger partial charge is 0.339 e. The van der Waals surface area contributed by atoms with E-state index in [1.807, 2.05) is 0 Å². The molecular weight excluding hydrogens is 326 g/mol. The molecule has 1 rings (SSSR count). The highest BCUT2D eigenvalue weighted by molar-refractivity contribution is 6.03. The molecule has 0 fully saturated rings. The lowest BCUT2D eigenvalue weighted by molar-refractivity contribution is -0.122. The zero-order valence-corrected chi connectivity index (χ0v) is 15.7. The lowest BCUT2D eigenvalue weighted by Gasteiger charge is -2.22. The van der Waals surface area contributed by atoms with E-state index in [9.17, 15) is 14.4 Å². The first-order valence-corrected chi connectivity index (χ1v) is 8.02.